The van der Waals surface area contributed by atoms with E-state index in [0.717, 1.165) is 10.9 Å². The van der Waals surface area contributed by atoms with Gasteiger partial charge in [-0.3, -0.25) is 4.79 Å². The molecule has 0 aliphatic heterocycles. The van der Waals surface area contributed by atoms with E-state index in [2.05, 4.69) is 5.32 Å². The molecule has 1 heterocycles. The molecule has 118 valence electrons. The predicted molar refractivity (Wildman–Crippen MR) is 90.4 cm³/mol. The van der Waals surface area contributed by atoms with Crippen LogP contribution in [0.4, 0.5) is 5.69 Å². The molecule has 1 aromatic heterocycles. The highest BCUT2D eigenvalue weighted by atomic mass is 16.5. The Balaban J connectivity index is 1.92. The lowest BCUT2D eigenvalue weighted by molar-refractivity contribution is 0.102. The van der Waals surface area contributed by atoms with Gasteiger partial charge < -0.3 is 19.4 Å². The number of ether oxygens (including phenoxy) is 2. The maximum Gasteiger partial charge on any atom is 0.255 e. The molecule has 1 N–H and O–H groups in total. The van der Waals surface area contributed by atoms with Gasteiger partial charge in [-0.1, -0.05) is 6.07 Å². The molecule has 0 saturated heterocycles. The standard InChI is InChI=1S/C18H18N2O3/c1-20-9-8-12-4-5-13(10-16(12)20)18(21)19-15-11-14(22-2)6-7-17(15)23-3/h4-11H,1-3H3,(H,19,21). The maximum absolute atomic E-state index is 12.5. The van der Waals surface area contributed by atoms with Gasteiger partial charge >= 0.3 is 0 Å². The number of hydrogen-bond donors (Lipinski definition) is 1. The second-order valence-corrected chi connectivity index (χ2v) is 5.22. The van der Waals surface area contributed by atoms with Gasteiger partial charge in [0.2, 0.25) is 0 Å². The largest absolute Gasteiger partial charge is 0.497 e. The van der Waals surface area contributed by atoms with Crippen molar-refractivity contribution in [3.63, 3.8) is 0 Å². The van der Waals surface area contributed by atoms with Crippen molar-refractivity contribution in [2.75, 3.05) is 19.5 Å². The molecule has 3 aromatic rings. The topological polar surface area (TPSA) is 52.5 Å². The second-order valence-electron chi connectivity index (χ2n) is 5.22. The first-order valence-corrected chi connectivity index (χ1v) is 7.21. The zero-order valence-corrected chi connectivity index (χ0v) is 13.3. The van der Waals surface area contributed by atoms with E-state index in [1.165, 1.54) is 0 Å². The molecule has 0 unspecified atom stereocenters. The van der Waals surface area contributed by atoms with Crippen LogP contribution in [-0.4, -0.2) is 24.7 Å². The smallest absolute Gasteiger partial charge is 0.255 e. The van der Waals surface area contributed by atoms with Crippen LogP contribution in [0, 0.1) is 0 Å². The Morgan fingerprint density at radius 2 is 1.87 bits per heavy atom. The number of amides is 1. The van der Waals surface area contributed by atoms with Crippen LogP contribution in [0.1, 0.15) is 10.4 Å². The summed E-state index contributed by atoms with van der Waals surface area (Å²) < 4.78 is 12.5. The van der Waals surface area contributed by atoms with Crippen molar-refractivity contribution in [1.29, 1.82) is 0 Å². The Hall–Kier alpha value is -2.95. The van der Waals surface area contributed by atoms with Gasteiger partial charge in [0.15, 0.2) is 0 Å². The molecule has 2 aromatic carbocycles. The average Bonchev–Trinajstić information content (AvgIpc) is 2.95. The van der Waals surface area contributed by atoms with Gasteiger partial charge in [-0.05, 0) is 35.7 Å². The molecule has 23 heavy (non-hydrogen) atoms. The fourth-order valence-corrected chi connectivity index (χ4v) is 2.51. The third kappa shape index (κ3) is 2.85. The number of aryl methyl sites for hydroxylation is 1. The van der Waals surface area contributed by atoms with E-state index in [1.807, 2.05) is 42.1 Å². The lowest BCUT2D eigenvalue weighted by atomic mass is 10.1. The molecule has 0 radical (unpaired) electrons. The van der Waals surface area contributed by atoms with Crippen molar-refractivity contribution in [2.45, 2.75) is 0 Å². The predicted octanol–water partition coefficient (Wildman–Crippen LogP) is 3.45. The number of fused-ring (bicyclic) bond motifs is 1. The molecule has 0 atom stereocenters. The number of carbonyl (C=O) groups is 1. The molecule has 0 fully saturated rings. The first kappa shape index (κ1) is 15.0. The Morgan fingerprint density at radius 1 is 1.04 bits per heavy atom. The number of hydrogen-bond acceptors (Lipinski definition) is 3. The number of methoxy groups -OCH3 is 2. The summed E-state index contributed by atoms with van der Waals surface area (Å²) in [5.41, 5.74) is 2.17. The molecule has 1 amide bonds. The fourth-order valence-electron chi connectivity index (χ4n) is 2.51. The van der Waals surface area contributed by atoms with Crippen LogP contribution in [0.5, 0.6) is 11.5 Å². The third-order valence-corrected chi connectivity index (χ3v) is 3.81. The van der Waals surface area contributed by atoms with Crippen LogP contribution in [0.2, 0.25) is 0 Å². The van der Waals surface area contributed by atoms with Crippen molar-refractivity contribution in [3.05, 3.63) is 54.2 Å². The Bertz CT molecular complexity index is 868. The number of aromatic nitrogens is 1. The van der Waals surface area contributed by atoms with Gasteiger partial charge in [-0.2, -0.15) is 0 Å². The normalized spacial score (nSPS) is 10.6. The Kier molecular flexibility index (Phi) is 3.93. The number of benzene rings is 2. The highest BCUT2D eigenvalue weighted by Crippen LogP contribution is 2.29. The summed E-state index contributed by atoms with van der Waals surface area (Å²) in [6.45, 7) is 0. The lowest BCUT2D eigenvalue weighted by Crippen LogP contribution is -2.12. The minimum absolute atomic E-state index is 0.195. The summed E-state index contributed by atoms with van der Waals surface area (Å²) in [5.74, 6) is 1.04. The second kappa shape index (κ2) is 6.04. The molecule has 0 saturated carbocycles. The van der Waals surface area contributed by atoms with Crippen molar-refractivity contribution in [3.8, 4) is 11.5 Å². The quantitative estimate of drug-likeness (QED) is 0.803. The molecule has 0 bridgehead atoms. The number of carbonyl (C=O) groups excluding carboxylic acids is 1. The van der Waals surface area contributed by atoms with Crippen LogP contribution in [-0.2, 0) is 7.05 Å². The SMILES string of the molecule is COc1ccc(OC)c(NC(=O)c2ccc3ccn(C)c3c2)c1. The van der Waals surface area contributed by atoms with E-state index < -0.39 is 0 Å². The summed E-state index contributed by atoms with van der Waals surface area (Å²) in [4.78, 5) is 12.5. The van der Waals surface area contributed by atoms with Gasteiger partial charge in [0.1, 0.15) is 11.5 Å². The van der Waals surface area contributed by atoms with Crippen LogP contribution >= 0.6 is 0 Å². The summed E-state index contributed by atoms with van der Waals surface area (Å²) in [6.07, 6.45) is 1.97. The molecule has 0 aliphatic rings. The fraction of sp³-hybridized carbons (Fsp3) is 0.167. The summed E-state index contributed by atoms with van der Waals surface area (Å²) in [5, 5.41) is 3.98. The van der Waals surface area contributed by atoms with E-state index in [0.29, 0.717) is 22.7 Å². The van der Waals surface area contributed by atoms with Gasteiger partial charge in [-0.25, -0.2) is 0 Å². The van der Waals surface area contributed by atoms with Crippen LogP contribution < -0.4 is 14.8 Å². The zero-order chi connectivity index (χ0) is 16.4. The Morgan fingerprint density at radius 3 is 2.61 bits per heavy atom. The van der Waals surface area contributed by atoms with Gasteiger partial charge in [0.05, 0.1) is 19.9 Å². The molecule has 5 heteroatoms. The van der Waals surface area contributed by atoms with E-state index in [1.54, 1.807) is 32.4 Å². The van der Waals surface area contributed by atoms with E-state index in [4.69, 9.17) is 9.47 Å². The van der Waals surface area contributed by atoms with Crippen molar-refractivity contribution in [1.82, 2.24) is 4.57 Å². The van der Waals surface area contributed by atoms with Gasteiger partial charge in [0, 0.05) is 30.4 Å². The molecule has 3 rings (SSSR count). The molecule has 5 nitrogen and oxygen atoms in total. The van der Waals surface area contributed by atoms with Gasteiger partial charge in [-0.15, -0.1) is 0 Å². The summed E-state index contributed by atoms with van der Waals surface area (Å²) in [6, 6.07) is 12.9. The highest BCUT2D eigenvalue weighted by molar-refractivity contribution is 6.07. The summed E-state index contributed by atoms with van der Waals surface area (Å²) in [7, 11) is 5.10. The van der Waals surface area contributed by atoms with Crippen LogP contribution in [0.25, 0.3) is 10.9 Å². The lowest BCUT2D eigenvalue weighted by Gasteiger charge is -2.12. The molecule has 0 spiro atoms. The highest BCUT2D eigenvalue weighted by Gasteiger charge is 2.12. The number of rotatable bonds is 4. The first-order chi connectivity index (χ1) is 11.1. The number of nitrogens with one attached hydrogen (secondary N) is 1. The van der Waals surface area contributed by atoms with Crippen LogP contribution in [0.3, 0.4) is 0 Å². The Labute approximate surface area is 134 Å². The van der Waals surface area contributed by atoms with E-state index in [-0.39, 0.29) is 5.91 Å². The molecular weight excluding hydrogens is 292 g/mol. The minimum atomic E-state index is -0.195. The molecule has 0 aliphatic carbocycles. The van der Waals surface area contributed by atoms with Crippen LogP contribution in [0.15, 0.2) is 48.7 Å². The first-order valence-electron chi connectivity index (χ1n) is 7.21. The number of anilines is 1. The monoisotopic (exact) mass is 310 g/mol. The zero-order valence-electron chi connectivity index (χ0n) is 13.3. The van der Waals surface area contributed by atoms with Crippen molar-refractivity contribution in [2.24, 2.45) is 7.05 Å². The molecular formula is C18H18N2O3. The minimum Gasteiger partial charge on any atom is -0.497 e. The summed E-state index contributed by atoms with van der Waals surface area (Å²) >= 11 is 0. The van der Waals surface area contributed by atoms with Crippen molar-refractivity contribution < 1.29 is 14.3 Å². The third-order valence-electron chi connectivity index (χ3n) is 3.81. The average molecular weight is 310 g/mol. The van der Waals surface area contributed by atoms with Gasteiger partial charge in [0.25, 0.3) is 5.91 Å². The maximum atomic E-state index is 12.5. The van der Waals surface area contributed by atoms with E-state index in [9.17, 15) is 4.79 Å². The van der Waals surface area contributed by atoms with Crippen molar-refractivity contribution >= 4 is 22.5 Å². The van der Waals surface area contributed by atoms with E-state index >= 15 is 0 Å². The number of nitrogens with zero attached hydrogens (tertiary/aromatic N) is 1.